The lowest BCUT2D eigenvalue weighted by atomic mass is 9.78. The van der Waals surface area contributed by atoms with E-state index >= 15 is 0 Å². The predicted octanol–water partition coefficient (Wildman–Crippen LogP) is 2.76. The monoisotopic (exact) mass is 289 g/mol. The van der Waals surface area contributed by atoms with E-state index in [4.69, 9.17) is 4.74 Å². The Morgan fingerprint density at radius 3 is 2.70 bits per heavy atom. The van der Waals surface area contributed by atoms with Crippen LogP contribution in [-0.2, 0) is 6.42 Å². The highest BCUT2D eigenvalue weighted by atomic mass is 32.1. The molecular formula is C14H15N3O2S. The van der Waals surface area contributed by atoms with Crippen LogP contribution in [0.15, 0.2) is 12.1 Å². The van der Waals surface area contributed by atoms with Crippen molar-refractivity contribution in [2.75, 3.05) is 7.11 Å². The maximum atomic E-state index is 12.2. The van der Waals surface area contributed by atoms with Gasteiger partial charge in [-0.05, 0) is 17.9 Å². The van der Waals surface area contributed by atoms with Gasteiger partial charge in [-0.15, -0.1) is 21.5 Å². The van der Waals surface area contributed by atoms with Crippen LogP contribution in [0.4, 0.5) is 0 Å². The first-order valence-corrected chi connectivity index (χ1v) is 7.21. The summed E-state index contributed by atoms with van der Waals surface area (Å²) in [4.78, 5) is 17.5. The number of hydrogen-bond acceptors (Lipinski definition) is 6. The Morgan fingerprint density at radius 2 is 2.05 bits per heavy atom. The Labute approximate surface area is 121 Å². The van der Waals surface area contributed by atoms with Crippen molar-refractivity contribution in [2.45, 2.75) is 26.7 Å². The molecule has 0 radical (unpaired) electrons. The van der Waals surface area contributed by atoms with E-state index in [9.17, 15) is 4.79 Å². The number of Topliss-reactive ketones (excluding diaryl/α,β-unsaturated/α-hetero) is 1. The number of rotatable bonds is 2. The Kier molecular flexibility index (Phi) is 3.05. The van der Waals surface area contributed by atoms with Gasteiger partial charge in [-0.1, -0.05) is 13.8 Å². The number of carbonyl (C=O) groups excluding carboxylic acids is 1. The predicted molar refractivity (Wildman–Crippen MR) is 76.1 cm³/mol. The average molecular weight is 289 g/mol. The van der Waals surface area contributed by atoms with Gasteiger partial charge >= 0.3 is 0 Å². The molecule has 6 heteroatoms. The standard InChI is InChI=1S/C14H15N3O2S/c1-14(2)6-9-12(10(18)7-14)20-13(15-9)8-4-5-11(19-3)17-16-8/h4-5H,6-7H2,1-3H3. The highest BCUT2D eigenvalue weighted by Gasteiger charge is 2.34. The van der Waals surface area contributed by atoms with Crippen LogP contribution in [0.5, 0.6) is 5.88 Å². The van der Waals surface area contributed by atoms with Gasteiger partial charge in [0.1, 0.15) is 10.7 Å². The van der Waals surface area contributed by atoms with Crippen LogP contribution in [0, 0.1) is 5.41 Å². The minimum Gasteiger partial charge on any atom is -0.480 e. The van der Waals surface area contributed by atoms with Crippen molar-refractivity contribution in [3.63, 3.8) is 0 Å². The number of ketones is 1. The molecule has 0 saturated carbocycles. The van der Waals surface area contributed by atoms with Crippen molar-refractivity contribution >= 4 is 17.1 Å². The quantitative estimate of drug-likeness (QED) is 0.850. The molecule has 0 fully saturated rings. The first-order chi connectivity index (χ1) is 9.48. The van der Waals surface area contributed by atoms with E-state index in [2.05, 4.69) is 29.0 Å². The Balaban J connectivity index is 1.99. The molecule has 2 aromatic heterocycles. The summed E-state index contributed by atoms with van der Waals surface area (Å²) in [5, 5.41) is 8.77. The van der Waals surface area contributed by atoms with Crippen molar-refractivity contribution < 1.29 is 9.53 Å². The molecule has 0 aliphatic heterocycles. The zero-order valence-corrected chi connectivity index (χ0v) is 12.5. The first kappa shape index (κ1) is 13.2. The van der Waals surface area contributed by atoms with E-state index in [-0.39, 0.29) is 11.2 Å². The van der Waals surface area contributed by atoms with Crippen LogP contribution in [-0.4, -0.2) is 28.1 Å². The van der Waals surface area contributed by atoms with Gasteiger partial charge < -0.3 is 4.74 Å². The summed E-state index contributed by atoms with van der Waals surface area (Å²) in [6, 6.07) is 3.56. The fraction of sp³-hybridized carbons (Fsp3) is 0.429. The minimum absolute atomic E-state index is 0.0129. The van der Waals surface area contributed by atoms with E-state index in [0.29, 0.717) is 18.0 Å². The molecular weight excluding hydrogens is 274 g/mol. The molecule has 0 unspecified atom stereocenters. The summed E-state index contributed by atoms with van der Waals surface area (Å²) in [6.45, 7) is 4.19. The molecule has 20 heavy (non-hydrogen) atoms. The van der Waals surface area contributed by atoms with E-state index < -0.39 is 0 Å². The van der Waals surface area contributed by atoms with Gasteiger partial charge in [0.05, 0.1) is 17.7 Å². The zero-order valence-electron chi connectivity index (χ0n) is 11.6. The summed E-state index contributed by atoms with van der Waals surface area (Å²) < 4.78 is 4.99. The molecule has 2 aromatic rings. The van der Waals surface area contributed by atoms with Gasteiger partial charge in [-0.25, -0.2) is 4.98 Å². The number of methoxy groups -OCH3 is 1. The fourth-order valence-corrected chi connectivity index (χ4v) is 3.36. The molecule has 5 nitrogen and oxygen atoms in total. The number of hydrogen-bond donors (Lipinski definition) is 0. The largest absolute Gasteiger partial charge is 0.480 e. The first-order valence-electron chi connectivity index (χ1n) is 6.39. The highest BCUT2D eigenvalue weighted by molar-refractivity contribution is 7.17. The number of ether oxygens (including phenoxy) is 1. The van der Waals surface area contributed by atoms with Crippen molar-refractivity contribution in [3.05, 3.63) is 22.7 Å². The molecule has 0 amide bonds. The SMILES string of the molecule is COc1ccc(-c2nc3c(s2)C(=O)CC(C)(C)C3)nn1. The van der Waals surface area contributed by atoms with Gasteiger partial charge in [-0.3, -0.25) is 4.79 Å². The third-order valence-electron chi connectivity index (χ3n) is 3.30. The number of carbonyl (C=O) groups is 1. The summed E-state index contributed by atoms with van der Waals surface area (Å²) in [6.07, 6.45) is 1.41. The summed E-state index contributed by atoms with van der Waals surface area (Å²) >= 11 is 1.41. The number of nitrogens with zero attached hydrogens (tertiary/aromatic N) is 3. The average Bonchev–Trinajstić information content (AvgIpc) is 2.81. The van der Waals surface area contributed by atoms with Crippen molar-refractivity contribution in [2.24, 2.45) is 5.41 Å². The lowest BCUT2D eigenvalue weighted by Crippen LogP contribution is -2.25. The molecule has 104 valence electrons. The topological polar surface area (TPSA) is 65.0 Å². The van der Waals surface area contributed by atoms with Gasteiger partial charge in [0.25, 0.3) is 0 Å². The van der Waals surface area contributed by atoms with Crippen LogP contribution in [0.3, 0.4) is 0 Å². The molecule has 3 rings (SSSR count). The minimum atomic E-state index is -0.0129. The van der Waals surface area contributed by atoms with E-state index in [1.165, 1.54) is 11.3 Å². The van der Waals surface area contributed by atoms with E-state index in [1.54, 1.807) is 13.2 Å². The molecule has 0 aromatic carbocycles. The summed E-state index contributed by atoms with van der Waals surface area (Å²) in [7, 11) is 1.55. The van der Waals surface area contributed by atoms with E-state index in [1.807, 2.05) is 6.07 Å². The number of aromatic nitrogens is 3. The normalized spacial score (nSPS) is 16.9. The van der Waals surface area contributed by atoms with Crippen LogP contribution >= 0.6 is 11.3 Å². The maximum Gasteiger partial charge on any atom is 0.233 e. The highest BCUT2D eigenvalue weighted by Crippen LogP contribution is 2.39. The second-order valence-electron chi connectivity index (χ2n) is 5.70. The van der Waals surface area contributed by atoms with Gasteiger partial charge in [0, 0.05) is 12.5 Å². The molecule has 0 bridgehead atoms. The second kappa shape index (κ2) is 4.63. The van der Waals surface area contributed by atoms with Gasteiger partial charge in [0.15, 0.2) is 5.78 Å². The Hall–Kier alpha value is -1.82. The van der Waals surface area contributed by atoms with Crippen LogP contribution in [0.25, 0.3) is 10.7 Å². The van der Waals surface area contributed by atoms with Crippen LogP contribution in [0.2, 0.25) is 0 Å². The smallest absolute Gasteiger partial charge is 0.233 e. The van der Waals surface area contributed by atoms with Crippen LogP contribution in [0.1, 0.15) is 35.6 Å². The van der Waals surface area contributed by atoms with Gasteiger partial charge in [-0.2, -0.15) is 0 Å². The molecule has 0 saturated heterocycles. The molecule has 0 atom stereocenters. The Bertz CT molecular complexity index is 662. The second-order valence-corrected chi connectivity index (χ2v) is 6.70. The zero-order chi connectivity index (χ0) is 14.3. The molecule has 0 spiro atoms. The van der Waals surface area contributed by atoms with Crippen molar-refractivity contribution in [3.8, 4) is 16.6 Å². The fourth-order valence-electron chi connectivity index (χ4n) is 2.37. The molecule has 0 N–H and O–H groups in total. The van der Waals surface area contributed by atoms with Crippen molar-refractivity contribution in [1.82, 2.24) is 15.2 Å². The molecule has 1 aliphatic rings. The molecule has 1 aliphatic carbocycles. The number of thiazole rings is 1. The van der Waals surface area contributed by atoms with E-state index in [0.717, 1.165) is 22.0 Å². The third kappa shape index (κ3) is 2.31. The lowest BCUT2D eigenvalue weighted by Gasteiger charge is -2.26. The number of fused-ring (bicyclic) bond motifs is 1. The van der Waals surface area contributed by atoms with Crippen molar-refractivity contribution in [1.29, 1.82) is 0 Å². The third-order valence-corrected chi connectivity index (χ3v) is 4.47. The Morgan fingerprint density at radius 1 is 1.25 bits per heavy atom. The molecule has 2 heterocycles. The van der Waals surface area contributed by atoms with Crippen LogP contribution < -0.4 is 4.74 Å². The summed E-state index contributed by atoms with van der Waals surface area (Å²) in [5.74, 6) is 0.647. The van der Waals surface area contributed by atoms with Gasteiger partial charge in [0.2, 0.25) is 5.88 Å². The maximum absolute atomic E-state index is 12.2. The summed E-state index contributed by atoms with van der Waals surface area (Å²) in [5.41, 5.74) is 1.56. The lowest BCUT2D eigenvalue weighted by molar-refractivity contribution is 0.0916.